The molecule has 0 radical (unpaired) electrons. The third kappa shape index (κ3) is 1.31. The summed E-state index contributed by atoms with van der Waals surface area (Å²) in [4.78, 5) is 1.44. The van der Waals surface area contributed by atoms with Gasteiger partial charge >= 0.3 is 0 Å². The number of fused-ring (bicyclic) bond motifs is 1. The van der Waals surface area contributed by atoms with Crippen LogP contribution in [0.3, 0.4) is 0 Å². The molecule has 1 aliphatic heterocycles. The van der Waals surface area contributed by atoms with Crippen LogP contribution in [0.4, 0.5) is 0 Å². The lowest BCUT2D eigenvalue weighted by Crippen LogP contribution is -1.96. The minimum absolute atomic E-state index is 0.564. The van der Waals surface area contributed by atoms with Gasteiger partial charge in [0, 0.05) is 10.8 Å². The molecule has 0 N–H and O–H groups in total. The first-order chi connectivity index (χ1) is 5.68. The van der Waals surface area contributed by atoms with Crippen LogP contribution >= 0.6 is 27.7 Å². The quantitative estimate of drug-likeness (QED) is 0.622. The Morgan fingerprint density at radius 1 is 1.42 bits per heavy atom. The van der Waals surface area contributed by atoms with E-state index in [9.17, 15) is 0 Å². The van der Waals surface area contributed by atoms with Crippen LogP contribution in [0.25, 0.3) is 0 Å². The number of hydrogen-bond acceptors (Lipinski definition) is 1. The summed E-state index contributed by atoms with van der Waals surface area (Å²) in [5.41, 5.74) is 2.87. The van der Waals surface area contributed by atoms with Crippen LogP contribution in [-0.2, 0) is 0 Å². The third-order valence-electron chi connectivity index (χ3n) is 2.29. The molecular weight excluding hydrogens is 232 g/mol. The van der Waals surface area contributed by atoms with Gasteiger partial charge in [-0.2, -0.15) is 0 Å². The Bertz CT molecular complexity index is 309. The molecule has 0 spiro atoms. The highest BCUT2D eigenvalue weighted by atomic mass is 79.9. The van der Waals surface area contributed by atoms with Crippen molar-refractivity contribution in [1.29, 1.82) is 0 Å². The minimum Gasteiger partial charge on any atom is -0.110 e. The summed E-state index contributed by atoms with van der Waals surface area (Å²) in [6.07, 6.45) is 0. The zero-order valence-corrected chi connectivity index (χ0v) is 9.58. The fourth-order valence-corrected chi connectivity index (χ4v) is 3.51. The number of thioether (sulfide) groups is 1. The second-order valence-electron chi connectivity index (χ2n) is 3.30. The van der Waals surface area contributed by atoms with E-state index >= 15 is 0 Å². The van der Waals surface area contributed by atoms with Crippen LogP contribution in [0, 0.1) is 6.92 Å². The fourth-order valence-electron chi connectivity index (χ4n) is 1.50. The average molecular weight is 243 g/mol. The zero-order chi connectivity index (χ0) is 8.72. The van der Waals surface area contributed by atoms with Gasteiger partial charge in [-0.25, -0.2) is 0 Å². The van der Waals surface area contributed by atoms with Crippen LogP contribution in [0.1, 0.15) is 24.0 Å². The van der Waals surface area contributed by atoms with Crippen molar-refractivity contribution >= 4 is 27.7 Å². The number of benzene rings is 1. The van der Waals surface area contributed by atoms with Gasteiger partial charge in [-0.3, -0.25) is 0 Å². The van der Waals surface area contributed by atoms with Gasteiger partial charge in [-0.1, -0.05) is 40.5 Å². The molecule has 0 bridgehead atoms. The molecule has 0 aliphatic carbocycles. The molecule has 2 unspecified atom stereocenters. The smallest absolute Gasteiger partial charge is 0.0713 e. The number of halogens is 1. The summed E-state index contributed by atoms with van der Waals surface area (Å²) in [5, 5.41) is 0. The molecular formula is C10H11BrS. The first-order valence-corrected chi connectivity index (χ1v) is 5.89. The Morgan fingerprint density at radius 3 is 2.92 bits per heavy atom. The molecule has 2 atom stereocenters. The van der Waals surface area contributed by atoms with Gasteiger partial charge in [-0.15, -0.1) is 11.8 Å². The number of hydrogen-bond donors (Lipinski definition) is 0. The maximum absolute atomic E-state index is 3.67. The summed E-state index contributed by atoms with van der Waals surface area (Å²) >= 11 is 5.60. The lowest BCUT2D eigenvalue weighted by atomic mass is 10.0. The van der Waals surface area contributed by atoms with Crippen LogP contribution in [0.15, 0.2) is 23.1 Å². The molecule has 12 heavy (non-hydrogen) atoms. The third-order valence-corrected chi connectivity index (χ3v) is 4.90. The number of alkyl halides is 1. The molecule has 0 saturated carbocycles. The Kier molecular flexibility index (Phi) is 2.21. The molecule has 1 aromatic rings. The number of rotatable bonds is 0. The Balaban J connectivity index is 2.48. The van der Waals surface area contributed by atoms with Gasteiger partial charge in [0.15, 0.2) is 0 Å². The Hall–Kier alpha value is 0.0500. The van der Waals surface area contributed by atoms with Crippen molar-refractivity contribution in [3.63, 3.8) is 0 Å². The lowest BCUT2D eigenvalue weighted by molar-refractivity contribution is 0.857. The van der Waals surface area contributed by atoms with Crippen molar-refractivity contribution in [2.75, 3.05) is 0 Å². The van der Waals surface area contributed by atoms with E-state index in [0.29, 0.717) is 10.1 Å². The van der Waals surface area contributed by atoms with E-state index in [1.807, 2.05) is 11.8 Å². The largest absolute Gasteiger partial charge is 0.110 e. The van der Waals surface area contributed by atoms with E-state index in [2.05, 4.69) is 48.0 Å². The second kappa shape index (κ2) is 3.08. The molecule has 1 heterocycles. The Labute approximate surface area is 85.9 Å². The normalized spacial score (nSPS) is 27.2. The van der Waals surface area contributed by atoms with Crippen LogP contribution in [0.2, 0.25) is 0 Å². The van der Waals surface area contributed by atoms with Crippen LogP contribution in [-0.4, -0.2) is 4.16 Å². The first kappa shape index (κ1) is 8.64. The molecule has 1 aliphatic rings. The summed E-state index contributed by atoms with van der Waals surface area (Å²) in [5.74, 6) is 0.643. The molecule has 0 aromatic heterocycles. The van der Waals surface area contributed by atoms with Crippen molar-refractivity contribution in [2.24, 2.45) is 0 Å². The molecule has 2 rings (SSSR count). The summed E-state index contributed by atoms with van der Waals surface area (Å²) in [7, 11) is 0. The zero-order valence-electron chi connectivity index (χ0n) is 7.17. The van der Waals surface area contributed by atoms with E-state index in [1.54, 1.807) is 0 Å². The standard InChI is InChI=1S/C10H11BrS/c1-6-3-4-9-8(5-6)7(2)10(11)12-9/h3-5,7,10H,1-2H3. The summed E-state index contributed by atoms with van der Waals surface area (Å²) in [6, 6.07) is 6.71. The van der Waals surface area contributed by atoms with Gasteiger partial charge < -0.3 is 0 Å². The van der Waals surface area contributed by atoms with E-state index in [0.717, 1.165) is 0 Å². The molecule has 1 aromatic carbocycles. The van der Waals surface area contributed by atoms with E-state index in [-0.39, 0.29) is 0 Å². The monoisotopic (exact) mass is 242 g/mol. The maximum atomic E-state index is 3.67. The lowest BCUT2D eigenvalue weighted by Gasteiger charge is -2.06. The van der Waals surface area contributed by atoms with Crippen molar-refractivity contribution in [1.82, 2.24) is 0 Å². The summed E-state index contributed by atoms with van der Waals surface area (Å²) < 4.78 is 0.564. The second-order valence-corrected chi connectivity index (χ2v) is 6.07. The molecule has 0 fully saturated rings. The van der Waals surface area contributed by atoms with Crippen LogP contribution in [0.5, 0.6) is 0 Å². The van der Waals surface area contributed by atoms with Gasteiger partial charge in [0.25, 0.3) is 0 Å². The molecule has 2 heteroatoms. The molecule has 64 valence electrons. The summed E-state index contributed by atoms with van der Waals surface area (Å²) in [6.45, 7) is 4.43. The minimum atomic E-state index is 0.564. The fraction of sp³-hybridized carbons (Fsp3) is 0.400. The van der Waals surface area contributed by atoms with Gasteiger partial charge in [0.2, 0.25) is 0 Å². The van der Waals surface area contributed by atoms with Crippen molar-refractivity contribution in [2.45, 2.75) is 28.8 Å². The predicted molar refractivity (Wildman–Crippen MR) is 58.2 cm³/mol. The van der Waals surface area contributed by atoms with Gasteiger partial charge in [0.1, 0.15) is 0 Å². The average Bonchev–Trinajstić information content (AvgIpc) is 2.31. The van der Waals surface area contributed by atoms with E-state index in [1.165, 1.54) is 16.0 Å². The predicted octanol–water partition coefficient (Wildman–Crippen LogP) is 3.93. The van der Waals surface area contributed by atoms with Crippen molar-refractivity contribution < 1.29 is 0 Å². The highest BCUT2D eigenvalue weighted by Crippen LogP contribution is 2.47. The topological polar surface area (TPSA) is 0 Å². The highest BCUT2D eigenvalue weighted by Gasteiger charge is 2.27. The Morgan fingerprint density at radius 2 is 2.17 bits per heavy atom. The highest BCUT2D eigenvalue weighted by molar-refractivity contribution is 9.11. The maximum Gasteiger partial charge on any atom is 0.0713 e. The SMILES string of the molecule is Cc1ccc2c(c1)C(C)C(Br)S2. The van der Waals surface area contributed by atoms with Crippen LogP contribution < -0.4 is 0 Å². The van der Waals surface area contributed by atoms with Crippen molar-refractivity contribution in [3.8, 4) is 0 Å². The van der Waals surface area contributed by atoms with Gasteiger partial charge in [0.05, 0.1) is 4.16 Å². The van der Waals surface area contributed by atoms with E-state index < -0.39 is 0 Å². The molecule has 0 amide bonds. The van der Waals surface area contributed by atoms with E-state index in [4.69, 9.17) is 0 Å². The first-order valence-electron chi connectivity index (χ1n) is 4.10. The molecule has 0 nitrogen and oxygen atoms in total. The van der Waals surface area contributed by atoms with Gasteiger partial charge in [-0.05, 0) is 18.6 Å². The number of aryl methyl sites for hydroxylation is 1. The molecule has 0 saturated heterocycles. The van der Waals surface area contributed by atoms with Crippen molar-refractivity contribution in [3.05, 3.63) is 29.3 Å².